The molecule has 0 spiro atoms. The van der Waals surface area contributed by atoms with Gasteiger partial charge in [-0.25, -0.2) is 0 Å². The molecule has 1 aromatic carbocycles. The third kappa shape index (κ3) is 5.80. The van der Waals surface area contributed by atoms with Crippen molar-refractivity contribution in [3.8, 4) is 0 Å². The molecule has 5 heterocycles. The number of fused-ring (bicyclic) bond motifs is 1. The van der Waals surface area contributed by atoms with E-state index < -0.39 is 5.54 Å². The van der Waals surface area contributed by atoms with Gasteiger partial charge in [0.2, 0.25) is 0 Å². The SMILES string of the molecule is CCc1cc2ncc(CN3CCN(CC4CCN(c5ccc(N6C(=S)NC(=O)C6(C)C)cc5)CC4)CC3)cc2[nH]c1=O. The van der Waals surface area contributed by atoms with Crippen molar-refractivity contribution in [1.29, 1.82) is 0 Å². The fourth-order valence-corrected chi connectivity index (χ4v) is 6.98. The molecule has 2 N–H and O–H groups in total. The summed E-state index contributed by atoms with van der Waals surface area (Å²) < 4.78 is 0. The third-order valence-electron chi connectivity index (χ3n) is 9.22. The molecule has 9 nitrogen and oxygen atoms in total. The summed E-state index contributed by atoms with van der Waals surface area (Å²) in [5.74, 6) is 0.660. The number of H-pyrrole nitrogens is 1. The second-order valence-electron chi connectivity index (χ2n) is 12.4. The number of aromatic nitrogens is 2. The smallest absolute Gasteiger partial charge is 0.251 e. The van der Waals surface area contributed by atoms with Crippen LogP contribution in [0.25, 0.3) is 11.0 Å². The number of aromatic amines is 1. The largest absolute Gasteiger partial charge is 0.372 e. The van der Waals surface area contributed by atoms with E-state index in [2.05, 4.69) is 60.3 Å². The van der Waals surface area contributed by atoms with Gasteiger partial charge in [0.15, 0.2) is 5.11 Å². The zero-order valence-electron chi connectivity index (χ0n) is 24.9. The number of rotatable bonds is 7. The number of benzene rings is 1. The second-order valence-corrected chi connectivity index (χ2v) is 12.8. The van der Waals surface area contributed by atoms with Crippen LogP contribution in [0, 0.1) is 5.92 Å². The Balaban J connectivity index is 0.962. The summed E-state index contributed by atoms with van der Waals surface area (Å²) in [7, 11) is 0. The fraction of sp³-hybridized carbons (Fsp3) is 0.500. The summed E-state index contributed by atoms with van der Waals surface area (Å²) in [6, 6.07) is 12.4. The molecule has 0 unspecified atom stereocenters. The van der Waals surface area contributed by atoms with Crippen LogP contribution in [-0.4, -0.2) is 82.1 Å². The van der Waals surface area contributed by atoms with E-state index in [1.165, 1.54) is 25.1 Å². The van der Waals surface area contributed by atoms with E-state index in [0.717, 1.165) is 79.6 Å². The van der Waals surface area contributed by atoms with E-state index in [0.29, 0.717) is 11.5 Å². The monoisotopic (exact) mass is 587 g/mol. The lowest BCUT2D eigenvalue weighted by molar-refractivity contribution is -0.122. The molecule has 0 bridgehead atoms. The lowest BCUT2D eigenvalue weighted by atomic mass is 9.95. The predicted octanol–water partition coefficient (Wildman–Crippen LogP) is 3.52. The van der Waals surface area contributed by atoms with Crippen LogP contribution >= 0.6 is 12.2 Å². The fourth-order valence-electron chi connectivity index (χ4n) is 6.56. The molecule has 0 saturated carbocycles. The van der Waals surface area contributed by atoms with Gasteiger partial charge in [0.05, 0.1) is 11.0 Å². The maximum absolute atomic E-state index is 12.3. The number of hydrogen-bond donors (Lipinski definition) is 2. The lowest BCUT2D eigenvalue weighted by Gasteiger charge is -2.39. The van der Waals surface area contributed by atoms with Gasteiger partial charge in [0, 0.05) is 75.5 Å². The van der Waals surface area contributed by atoms with Gasteiger partial charge in [-0.05, 0) is 93.2 Å². The average molecular weight is 588 g/mol. The van der Waals surface area contributed by atoms with E-state index in [1.54, 1.807) is 0 Å². The van der Waals surface area contributed by atoms with Crippen molar-refractivity contribution in [2.75, 3.05) is 55.6 Å². The first-order valence-electron chi connectivity index (χ1n) is 15.2. The molecule has 222 valence electrons. The van der Waals surface area contributed by atoms with Crippen molar-refractivity contribution in [3.05, 3.63) is 64.1 Å². The maximum atomic E-state index is 12.3. The van der Waals surface area contributed by atoms with Crippen molar-refractivity contribution in [3.63, 3.8) is 0 Å². The van der Waals surface area contributed by atoms with Crippen molar-refractivity contribution < 1.29 is 4.79 Å². The van der Waals surface area contributed by atoms with Gasteiger partial charge in [0.1, 0.15) is 5.54 Å². The summed E-state index contributed by atoms with van der Waals surface area (Å²) >= 11 is 5.41. The number of carbonyl (C=O) groups is 1. The van der Waals surface area contributed by atoms with Crippen molar-refractivity contribution >= 4 is 45.6 Å². The molecule has 6 rings (SSSR count). The number of hydrogen-bond acceptors (Lipinski definition) is 7. The second kappa shape index (κ2) is 11.7. The number of thiocarbonyl (C=S) groups is 1. The summed E-state index contributed by atoms with van der Waals surface area (Å²) in [5, 5.41) is 3.25. The normalized spacial score (nSPS) is 20.5. The molecule has 3 aromatic rings. The van der Waals surface area contributed by atoms with Crippen molar-refractivity contribution in [2.24, 2.45) is 5.92 Å². The Morgan fingerprint density at radius 3 is 2.26 bits per heavy atom. The number of piperazine rings is 1. The Bertz CT molecular complexity index is 1520. The molecule has 3 aliphatic heterocycles. The van der Waals surface area contributed by atoms with Gasteiger partial charge in [-0.3, -0.25) is 19.5 Å². The molecule has 10 heteroatoms. The summed E-state index contributed by atoms with van der Waals surface area (Å²) in [4.78, 5) is 41.6. The molecule has 3 fully saturated rings. The summed E-state index contributed by atoms with van der Waals surface area (Å²) in [6.07, 6.45) is 5.06. The zero-order chi connectivity index (χ0) is 29.4. The lowest BCUT2D eigenvalue weighted by Crippen LogP contribution is -2.48. The molecule has 3 aliphatic rings. The summed E-state index contributed by atoms with van der Waals surface area (Å²) in [6.45, 7) is 14.2. The topological polar surface area (TPSA) is 87.8 Å². The van der Waals surface area contributed by atoms with Crippen LogP contribution in [0.1, 0.15) is 44.7 Å². The molecule has 1 amide bonds. The predicted molar refractivity (Wildman–Crippen MR) is 172 cm³/mol. The van der Waals surface area contributed by atoms with Crippen molar-refractivity contribution in [1.82, 2.24) is 25.1 Å². The number of aryl methyl sites for hydroxylation is 1. The quantitative estimate of drug-likeness (QED) is 0.406. The molecule has 42 heavy (non-hydrogen) atoms. The average Bonchev–Trinajstić information content (AvgIpc) is 3.19. The first kappa shape index (κ1) is 28.8. The molecule has 0 aliphatic carbocycles. The molecule has 3 saturated heterocycles. The van der Waals surface area contributed by atoms with Crippen LogP contribution in [0.2, 0.25) is 0 Å². The first-order chi connectivity index (χ1) is 20.2. The number of carbonyl (C=O) groups excluding carboxylic acids is 1. The van der Waals surface area contributed by atoms with Crippen molar-refractivity contribution in [2.45, 2.75) is 52.1 Å². The first-order valence-corrected chi connectivity index (χ1v) is 15.6. The minimum atomic E-state index is -0.684. The number of anilines is 2. The molecule has 0 radical (unpaired) electrons. The van der Waals surface area contributed by atoms with Crippen LogP contribution in [0.4, 0.5) is 11.4 Å². The highest BCUT2D eigenvalue weighted by Crippen LogP contribution is 2.31. The minimum Gasteiger partial charge on any atom is -0.372 e. The van der Waals surface area contributed by atoms with E-state index in [1.807, 2.05) is 37.9 Å². The van der Waals surface area contributed by atoms with Crippen LogP contribution in [0.15, 0.2) is 47.4 Å². The Morgan fingerprint density at radius 2 is 1.62 bits per heavy atom. The van der Waals surface area contributed by atoms with Gasteiger partial charge in [-0.1, -0.05) is 6.92 Å². The Labute approximate surface area is 252 Å². The number of pyridine rings is 2. The van der Waals surface area contributed by atoms with E-state index in [9.17, 15) is 9.59 Å². The molecule has 0 atom stereocenters. The number of amides is 1. The number of nitrogens with one attached hydrogen (secondary N) is 2. The zero-order valence-corrected chi connectivity index (χ0v) is 25.7. The standard InChI is InChI=1S/C32H41N7O2S/c1-4-24-18-27-28(34-29(24)40)17-23(19-33-27)21-37-15-13-36(14-16-37)20-22-9-11-38(12-10-22)25-5-7-26(8-6-25)39-31(42)35-30(41)32(39,2)3/h5-8,17-19,22H,4,9-16,20-21H2,1-3H3,(H,34,40)(H,35,41,42). The van der Waals surface area contributed by atoms with Gasteiger partial charge in [-0.2, -0.15) is 0 Å². The van der Waals surface area contributed by atoms with Gasteiger partial charge < -0.3 is 25.0 Å². The van der Waals surface area contributed by atoms with E-state index >= 15 is 0 Å². The highest BCUT2D eigenvalue weighted by molar-refractivity contribution is 7.80. The van der Waals surface area contributed by atoms with Gasteiger partial charge >= 0.3 is 0 Å². The number of piperidine rings is 1. The van der Waals surface area contributed by atoms with Gasteiger partial charge in [0.25, 0.3) is 11.5 Å². The maximum Gasteiger partial charge on any atom is 0.251 e. The van der Waals surface area contributed by atoms with Gasteiger partial charge in [-0.15, -0.1) is 0 Å². The van der Waals surface area contributed by atoms with Crippen LogP contribution in [-0.2, 0) is 17.8 Å². The highest BCUT2D eigenvalue weighted by Gasteiger charge is 2.44. The molecular formula is C32H41N7O2S. The number of nitrogens with zero attached hydrogens (tertiary/aromatic N) is 5. The van der Waals surface area contributed by atoms with E-state index in [4.69, 9.17) is 12.2 Å². The third-order valence-corrected chi connectivity index (χ3v) is 9.50. The Hall–Kier alpha value is -3.34. The molecule has 2 aromatic heterocycles. The molecular weight excluding hydrogens is 546 g/mol. The summed E-state index contributed by atoms with van der Waals surface area (Å²) in [5.41, 5.74) is 5.08. The van der Waals surface area contributed by atoms with E-state index in [-0.39, 0.29) is 11.5 Å². The minimum absolute atomic E-state index is 0.00964. The Kier molecular flexibility index (Phi) is 8.04. The highest BCUT2D eigenvalue weighted by atomic mass is 32.1. The van der Waals surface area contributed by atoms with Crippen LogP contribution < -0.4 is 20.7 Å². The Morgan fingerprint density at radius 1 is 0.952 bits per heavy atom. The van der Waals surface area contributed by atoms with Crippen LogP contribution in [0.5, 0.6) is 0 Å². The van der Waals surface area contributed by atoms with Crippen LogP contribution in [0.3, 0.4) is 0 Å².